The highest BCUT2D eigenvalue weighted by molar-refractivity contribution is 5.52. The van der Waals surface area contributed by atoms with Crippen LogP contribution in [0.2, 0.25) is 0 Å². The fourth-order valence-corrected chi connectivity index (χ4v) is 2.78. The minimum atomic E-state index is 0.346. The van der Waals surface area contributed by atoms with E-state index < -0.39 is 0 Å². The third kappa shape index (κ3) is 3.38. The number of nitrogens with zero attached hydrogens (tertiary/aromatic N) is 5. The van der Waals surface area contributed by atoms with Gasteiger partial charge < -0.3 is 4.90 Å². The Bertz CT molecular complexity index is 906. The molecule has 5 heteroatoms. The summed E-state index contributed by atoms with van der Waals surface area (Å²) in [7, 11) is 0. The summed E-state index contributed by atoms with van der Waals surface area (Å²) in [6.07, 6.45) is 0. The van der Waals surface area contributed by atoms with Crippen LogP contribution in [0.5, 0.6) is 0 Å². The van der Waals surface area contributed by atoms with Crippen LogP contribution in [0.4, 0.5) is 5.82 Å². The van der Waals surface area contributed by atoms with Gasteiger partial charge in [0.05, 0.1) is 5.69 Å². The van der Waals surface area contributed by atoms with E-state index in [4.69, 9.17) is 0 Å². The number of hydrogen-bond acceptors (Lipinski definition) is 4. The maximum Gasteiger partial charge on any atom is 0.207 e. The molecule has 25 heavy (non-hydrogen) atoms. The first-order valence-electron chi connectivity index (χ1n) is 8.37. The van der Waals surface area contributed by atoms with Gasteiger partial charge in [0.2, 0.25) is 5.69 Å². The van der Waals surface area contributed by atoms with Crippen LogP contribution in [-0.4, -0.2) is 21.5 Å². The quantitative estimate of drug-likeness (QED) is 0.714. The molecule has 0 aliphatic carbocycles. The van der Waals surface area contributed by atoms with Gasteiger partial charge in [0.15, 0.2) is 5.82 Å². The maximum absolute atomic E-state index is 9.52. The Morgan fingerprint density at radius 2 is 1.80 bits per heavy atom. The molecule has 3 aromatic rings. The van der Waals surface area contributed by atoms with Crippen molar-refractivity contribution in [1.82, 2.24) is 15.0 Å². The molecular formula is C20H21N5. The summed E-state index contributed by atoms with van der Waals surface area (Å²) >= 11 is 0. The molecule has 1 heterocycles. The average molecular weight is 331 g/mol. The van der Waals surface area contributed by atoms with Crippen molar-refractivity contribution >= 4 is 5.82 Å². The predicted molar refractivity (Wildman–Crippen MR) is 98.7 cm³/mol. The van der Waals surface area contributed by atoms with Gasteiger partial charge in [-0.3, -0.25) is 0 Å². The van der Waals surface area contributed by atoms with Crippen molar-refractivity contribution in [2.24, 2.45) is 0 Å². The minimum Gasteiger partial charge on any atom is -0.349 e. The lowest BCUT2D eigenvalue weighted by Gasteiger charge is -2.20. The van der Waals surface area contributed by atoms with Gasteiger partial charge in [0.1, 0.15) is 6.07 Å². The Morgan fingerprint density at radius 1 is 1.04 bits per heavy atom. The molecule has 5 nitrogen and oxygen atoms in total. The molecule has 0 aliphatic rings. The molecule has 0 fully saturated rings. The number of aromatic nitrogens is 3. The van der Waals surface area contributed by atoms with Crippen molar-refractivity contribution in [3.05, 3.63) is 70.9 Å². The maximum atomic E-state index is 9.52. The van der Waals surface area contributed by atoms with E-state index in [1.54, 1.807) is 4.80 Å². The van der Waals surface area contributed by atoms with E-state index in [1.165, 1.54) is 11.1 Å². The van der Waals surface area contributed by atoms with Gasteiger partial charge in [-0.25, -0.2) is 0 Å². The second kappa shape index (κ2) is 7.18. The molecule has 0 unspecified atom stereocenters. The monoisotopic (exact) mass is 331 g/mol. The summed E-state index contributed by atoms with van der Waals surface area (Å²) < 4.78 is 0. The lowest BCUT2D eigenvalue weighted by atomic mass is 10.1. The lowest BCUT2D eigenvalue weighted by Crippen LogP contribution is -2.23. The Labute approximate surface area is 148 Å². The number of hydrogen-bond donors (Lipinski definition) is 0. The van der Waals surface area contributed by atoms with Crippen molar-refractivity contribution in [3.8, 4) is 11.8 Å². The number of anilines is 1. The number of rotatable bonds is 5. The van der Waals surface area contributed by atoms with E-state index in [1.807, 2.05) is 37.3 Å². The molecular weight excluding hydrogens is 310 g/mol. The average Bonchev–Trinajstić information content (AvgIpc) is 3.07. The van der Waals surface area contributed by atoms with Gasteiger partial charge in [-0.1, -0.05) is 42.5 Å². The molecule has 0 saturated carbocycles. The van der Waals surface area contributed by atoms with E-state index >= 15 is 0 Å². The number of nitriles is 1. The van der Waals surface area contributed by atoms with Crippen molar-refractivity contribution < 1.29 is 0 Å². The number of benzene rings is 2. The van der Waals surface area contributed by atoms with Crippen molar-refractivity contribution in [2.75, 3.05) is 11.4 Å². The molecule has 3 rings (SSSR count). The van der Waals surface area contributed by atoms with Gasteiger partial charge in [0.25, 0.3) is 0 Å². The van der Waals surface area contributed by atoms with Crippen molar-refractivity contribution in [1.29, 1.82) is 5.26 Å². The van der Waals surface area contributed by atoms with E-state index in [0.29, 0.717) is 18.1 Å². The van der Waals surface area contributed by atoms with Gasteiger partial charge in [0, 0.05) is 13.1 Å². The standard InChI is InChI=1S/C20H21N5/c1-4-24(14-17-10-6-5-7-11-17)20-18(13-21)22-25(23-20)19-12-8-9-15(2)16(19)3/h5-12H,4,14H2,1-3H3. The zero-order chi connectivity index (χ0) is 17.8. The number of aryl methyl sites for hydroxylation is 1. The van der Waals surface area contributed by atoms with E-state index in [2.05, 4.69) is 53.2 Å². The summed E-state index contributed by atoms with van der Waals surface area (Å²) in [5, 5.41) is 18.6. The van der Waals surface area contributed by atoms with Crippen LogP contribution in [0.3, 0.4) is 0 Å². The third-order valence-electron chi connectivity index (χ3n) is 4.39. The summed E-state index contributed by atoms with van der Waals surface area (Å²) in [5.74, 6) is 0.620. The summed E-state index contributed by atoms with van der Waals surface area (Å²) in [6.45, 7) is 7.59. The smallest absolute Gasteiger partial charge is 0.207 e. The first-order valence-corrected chi connectivity index (χ1v) is 8.37. The van der Waals surface area contributed by atoms with Crippen LogP contribution in [0, 0.1) is 25.2 Å². The van der Waals surface area contributed by atoms with Crippen molar-refractivity contribution in [2.45, 2.75) is 27.3 Å². The minimum absolute atomic E-state index is 0.346. The van der Waals surface area contributed by atoms with Crippen LogP contribution in [0.1, 0.15) is 29.3 Å². The summed E-state index contributed by atoms with van der Waals surface area (Å²) in [5.41, 5.74) is 4.71. The van der Waals surface area contributed by atoms with E-state index in [9.17, 15) is 5.26 Å². The molecule has 0 N–H and O–H groups in total. The highest BCUT2D eigenvalue weighted by atomic mass is 15.5. The van der Waals surface area contributed by atoms with Crippen LogP contribution < -0.4 is 4.90 Å². The molecule has 0 atom stereocenters. The third-order valence-corrected chi connectivity index (χ3v) is 4.39. The first kappa shape index (κ1) is 16.7. The molecule has 0 bridgehead atoms. The van der Waals surface area contributed by atoms with Crippen LogP contribution in [-0.2, 0) is 6.54 Å². The zero-order valence-electron chi connectivity index (χ0n) is 14.8. The molecule has 1 aromatic heterocycles. The zero-order valence-corrected chi connectivity index (χ0v) is 14.8. The van der Waals surface area contributed by atoms with Gasteiger partial charge in [-0.05, 0) is 43.5 Å². The Hall–Kier alpha value is -3.13. The Morgan fingerprint density at radius 3 is 2.48 bits per heavy atom. The largest absolute Gasteiger partial charge is 0.349 e. The van der Waals surface area contributed by atoms with E-state index in [-0.39, 0.29) is 0 Å². The SMILES string of the molecule is CCN(Cc1ccccc1)c1nn(-c2cccc(C)c2C)nc1C#N. The van der Waals surface area contributed by atoms with Gasteiger partial charge in [-0.2, -0.15) is 5.26 Å². The highest BCUT2D eigenvalue weighted by Gasteiger charge is 2.18. The van der Waals surface area contributed by atoms with Crippen molar-refractivity contribution in [3.63, 3.8) is 0 Å². The molecule has 2 aromatic carbocycles. The Balaban J connectivity index is 2.00. The topological polar surface area (TPSA) is 57.7 Å². The van der Waals surface area contributed by atoms with E-state index in [0.717, 1.165) is 17.8 Å². The van der Waals surface area contributed by atoms with Gasteiger partial charge >= 0.3 is 0 Å². The molecule has 0 saturated heterocycles. The molecule has 0 amide bonds. The van der Waals surface area contributed by atoms with Gasteiger partial charge in [-0.15, -0.1) is 15.0 Å². The first-order chi connectivity index (χ1) is 12.1. The van der Waals surface area contributed by atoms with Crippen LogP contribution in [0.15, 0.2) is 48.5 Å². The normalized spacial score (nSPS) is 10.5. The fourth-order valence-electron chi connectivity index (χ4n) is 2.78. The highest BCUT2D eigenvalue weighted by Crippen LogP contribution is 2.22. The Kier molecular flexibility index (Phi) is 4.80. The molecule has 0 radical (unpaired) electrons. The fraction of sp³-hybridized carbons (Fsp3) is 0.250. The summed E-state index contributed by atoms with van der Waals surface area (Å²) in [4.78, 5) is 3.65. The molecule has 0 spiro atoms. The molecule has 126 valence electrons. The second-order valence-electron chi connectivity index (χ2n) is 5.99. The molecule has 0 aliphatic heterocycles. The second-order valence-corrected chi connectivity index (χ2v) is 5.99. The van der Waals surface area contributed by atoms with Crippen LogP contribution >= 0.6 is 0 Å². The predicted octanol–water partition coefficient (Wildman–Crippen LogP) is 3.78. The lowest BCUT2D eigenvalue weighted by molar-refractivity contribution is 0.728. The summed E-state index contributed by atoms with van der Waals surface area (Å²) in [6, 6.07) is 18.4. The van der Waals surface area contributed by atoms with Crippen LogP contribution in [0.25, 0.3) is 5.69 Å².